The third-order valence-corrected chi connectivity index (χ3v) is 3.18. The van der Waals surface area contributed by atoms with Gasteiger partial charge in [0.1, 0.15) is 17.1 Å². The SMILES string of the molecule is Cc1c(CS(=O)(=O)Cl)oc2ccccc12. The Kier molecular flexibility index (Phi) is 2.48. The predicted octanol–water partition coefficient (Wildman–Crippen LogP) is 2.81. The van der Waals surface area contributed by atoms with E-state index >= 15 is 0 Å². The Morgan fingerprint density at radius 1 is 1.33 bits per heavy atom. The average molecular weight is 245 g/mol. The van der Waals surface area contributed by atoms with Gasteiger partial charge in [-0.05, 0) is 18.6 Å². The lowest BCUT2D eigenvalue weighted by Crippen LogP contribution is -1.94. The first-order chi connectivity index (χ1) is 6.97. The van der Waals surface area contributed by atoms with Gasteiger partial charge in [-0.15, -0.1) is 0 Å². The van der Waals surface area contributed by atoms with E-state index in [2.05, 4.69) is 0 Å². The minimum atomic E-state index is -3.57. The monoisotopic (exact) mass is 244 g/mol. The van der Waals surface area contributed by atoms with Gasteiger partial charge in [0, 0.05) is 16.1 Å². The van der Waals surface area contributed by atoms with Crippen molar-refractivity contribution in [1.29, 1.82) is 0 Å². The molecule has 0 fully saturated rings. The van der Waals surface area contributed by atoms with Crippen LogP contribution in [0.5, 0.6) is 0 Å². The first kappa shape index (κ1) is 10.5. The molecule has 2 rings (SSSR count). The van der Waals surface area contributed by atoms with Crippen LogP contribution in [-0.2, 0) is 14.8 Å². The number of hydrogen-bond acceptors (Lipinski definition) is 3. The fourth-order valence-electron chi connectivity index (χ4n) is 1.52. The van der Waals surface area contributed by atoms with Crippen LogP contribution in [0.4, 0.5) is 0 Å². The van der Waals surface area contributed by atoms with Gasteiger partial charge in [0.05, 0.1) is 0 Å². The van der Waals surface area contributed by atoms with Gasteiger partial charge < -0.3 is 4.42 Å². The maximum atomic E-state index is 10.9. The highest BCUT2D eigenvalue weighted by Gasteiger charge is 2.15. The van der Waals surface area contributed by atoms with Gasteiger partial charge in [0.2, 0.25) is 9.05 Å². The Hall–Kier alpha value is -1.00. The number of aryl methyl sites for hydroxylation is 1. The quantitative estimate of drug-likeness (QED) is 0.764. The van der Waals surface area contributed by atoms with Crippen LogP contribution in [0, 0.1) is 6.92 Å². The normalized spacial score (nSPS) is 12.1. The standard InChI is InChI=1S/C10H9ClO3S/c1-7-8-4-2-3-5-9(8)14-10(7)6-15(11,12)13/h2-5H,6H2,1H3. The first-order valence-corrected chi connectivity index (χ1v) is 6.84. The summed E-state index contributed by atoms with van der Waals surface area (Å²) in [6.45, 7) is 1.82. The molecule has 1 aromatic carbocycles. The number of benzene rings is 1. The average Bonchev–Trinajstić information content (AvgIpc) is 2.42. The van der Waals surface area contributed by atoms with Gasteiger partial charge in [-0.3, -0.25) is 0 Å². The minimum absolute atomic E-state index is 0.269. The highest BCUT2D eigenvalue weighted by atomic mass is 35.7. The van der Waals surface area contributed by atoms with Crippen molar-refractivity contribution in [2.45, 2.75) is 12.7 Å². The lowest BCUT2D eigenvalue weighted by atomic mass is 10.2. The van der Waals surface area contributed by atoms with Gasteiger partial charge in [-0.2, -0.15) is 0 Å². The highest BCUT2D eigenvalue weighted by molar-refractivity contribution is 8.13. The molecule has 0 amide bonds. The molecule has 0 saturated carbocycles. The van der Waals surface area contributed by atoms with E-state index < -0.39 is 9.05 Å². The predicted molar refractivity (Wildman–Crippen MR) is 59.4 cm³/mol. The van der Waals surface area contributed by atoms with Crippen LogP contribution < -0.4 is 0 Å². The highest BCUT2D eigenvalue weighted by Crippen LogP contribution is 2.26. The topological polar surface area (TPSA) is 47.3 Å². The molecule has 0 unspecified atom stereocenters. The molecule has 0 atom stereocenters. The third-order valence-electron chi connectivity index (χ3n) is 2.25. The van der Waals surface area contributed by atoms with E-state index in [0.29, 0.717) is 11.3 Å². The van der Waals surface area contributed by atoms with Crippen molar-refractivity contribution < 1.29 is 12.8 Å². The van der Waals surface area contributed by atoms with Crippen LogP contribution >= 0.6 is 10.7 Å². The maximum Gasteiger partial charge on any atom is 0.239 e. The van der Waals surface area contributed by atoms with Gasteiger partial charge >= 0.3 is 0 Å². The fourth-order valence-corrected chi connectivity index (χ4v) is 2.41. The zero-order valence-corrected chi connectivity index (χ0v) is 9.60. The molecular formula is C10H9ClO3S. The molecule has 0 aliphatic carbocycles. The molecule has 0 aliphatic rings. The van der Waals surface area contributed by atoms with Crippen LogP contribution in [0.2, 0.25) is 0 Å². The Labute approximate surface area is 92.1 Å². The second-order valence-corrected chi connectivity index (χ2v) is 6.11. The Morgan fingerprint density at radius 3 is 2.60 bits per heavy atom. The Morgan fingerprint density at radius 2 is 2.00 bits per heavy atom. The fraction of sp³-hybridized carbons (Fsp3) is 0.200. The summed E-state index contributed by atoms with van der Waals surface area (Å²) in [5.74, 6) is 0.140. The summed E-state index contributed by atoms with van der Waals surface area (Å²) in [6.07, 6.45) is 0. The third kappa shape index (κ3) is 2.16. The molecular weight excluding hydrogens is 236 g/mol. The summed E-state index contributed by atoms with van der Waals surface area (Å²) in [4.78, 5) is 0. The number of hydrogen-bond donors (Lipinski definition) is 0. The molecule has 0 N–H and O–H groups in total. The van der Waals surface area contributed by atoms with Gasteiger partial charge in [0.25, 0.3) is 0 Å². The Bertz CT molecular complexity index is 598. The number of halogens is 1. The summed E-state index contributed by atoms with van der Waals surface area (Å²) >= 11 is 0. The van der Waals surface area contributed by atoms with Crippen LogP contribution in [0.15, 0.2) is 28.7 Å². The van der Waals surface area contributed by atoms with E-state index in [1.165, 1.54) is 0 Å². The van der Waals surface area contributed by atoms with E-state index in [1.54, 1.807) is 6.07 Å². The zero-order valence-electron chi connectivity index (χ0n) is 8.03. The van der Waals surface area contributed by atoms with Crippen molar-refractivity contribution in [2.75, 3.05) is 0 Å². The van der Waals surface area contributed by atoms with E-state index in [4.69, 9.17) is 15.1 Å². The molecule has 3 nitrogen and oxygen atoms in total. The first-order valence-electron chi connectivity index (χ1n) is 4.37. The number of rotatable bonds is 2. The molecule has 2 aromatic rings. The van der Waals surface area contributed by atoms with Crippen LogP contribution in [0.1, 0.15) is 11.3 Å². The van der Waals surface area contributed by atoms with Crippen molar-refractivity contribution in [1.82, 2.24) is 0 Å². The van der Waals surface area contributed by atoms with Crippen molar-refractivity contribution in [3.05, 3.63) is 35.6 Å². The Balaban J connectivity index is 2.58. The summed E-state index contributed by atoms with van der Waals surface area (Å²) in [5, 5.41) is 0.924. The molecule has 0 saturated heterocycles. The van der Waals surface area contributed by atoms with Crippen molar-refractivity contribution >= 4 is 30.7 Å². The van der Waals surface area contributed by atoms with Crippen LogP contribution in [0.25, 0.3) is 11.0 Å². The van der Waals surface area contributed by atoms with E-state index in [1.807, 2.05) is 25.1 Å². The van der Waals surface area contributed by atoms with Crippen molar-refractivity contribution in [2.24, 2.45) is 0 Å². The molecule has 80 valence electrons. The molecule has 15 heavy (non-hydrogen) atoms. The van der Waals surface area contributed by atoms with E-state index in [9.17, 15) is 8.42 Å². The number of para-hydroxylation sites is 1. The number of furan rings is 1. The van der Waals surface area contributed by atoms with Crippen LogP contribution in [-0.4, -0.2) is 8.42 Å². The van der Waals surface area contributed by atoms with Crippen LogP contribution in [0.3, 0.4) is 0 Å². The number of fused-ring (bicyclic) bond motifs is 1. The second kappa shape index (κ2) is 3.54. The molecule has 1 heterocycles. The molecule has 5 heteroatoms. The summed E-state index contributed by atoms with van der Waals surface area (Å²) in [5.41, 5.74) is 1.51. The molecule has 1 aromatic heterocycles. The summed E-state index contributed by atoms with van der Waals surface area (Å²) in [7, 11) is 1.61. The lowest BCUT2D eigenvalue weighted by molar-refractivity contribution is 0.556. The van der Waals surface area contributed by atoms with E-state index in [-0.39, 0.29) is 5.75 Å². The van der Waals surface area contributed by atoms with Gasteiger partial charge in [0.15, 0.2) is 0 Å². The van der Waals surface area contributed by atoms with Gasteiger partial charge in [-0.1, -0.05) is 18.2 Å². The smallest absolute Gasteiger partial charge is 0.239 e. The molecule has 0 radical (unpaired) electrons. The maximum absolute atomic E-state index is 10.9. The summed E-state index contributed by atoms with van der Waals surface area (Å²) in [6, 6.07) is 7.40. The lowest BCUT2D eigenvalue weighted by Gasteiger charge is -1.93. The summed E-state index contributed by atoms with van der Waals surface area (Å²) < 4.78 is 27.3. The molecule has 0 bridgehead atoms. The largest absolute Gasteiger partial charge is 0.460 e. The van der Waals surface area contributed by atoms with Gasteiger partial charge in [-0.25, -0.2) is 8.42 Å². The molecule has 0 aliphatic heterocycles. The second-order valence-electron chi connectivity index (χ2n) is 3.33. The van der Waals surface area contributed by atoms with Crippen molar-refractivity contribution in [3.8, 4) is 0 Å². The van der Waals surface area contributed by atoms with E-state index in [0.717, 1.165) is 10.9 Å². The van der Waals surface area contributed by atoms with Crippen molar-refractivity contribution in [3.63, 3.8) is 0 Å². The zero-order chi connectivity index (χ0) is 11.1. The minimum Gasteiger partial charge on any atom is -0.460 e. The molecule has 0 spiro atoms.